The Morgan fingerprint density at radius 1 is 1.30 bits per heavy atom. The number of hydrogen-bond donors (Lipinski definition) is 3. The maximum Gasteiger partial charge on any atom is 0.215 e. The summed E-state index contributed by atoms with van der Waals surface area (Å²) < 4.78 is 0. The Bertz CT molecular complexity index is 725. The smallest absolute Gasteiger partial charge is 0.215 e. The Kier molecular flexibility index (Phi) is 3.03. The van der Waals surface area contributed by atoms with Crippen molar-refractivity contribution in [1.82, 2.24) is 4.98 Å². The molecule has 0 fully saturated rings. The molecule has 0 atom stereocenters. The summed E-state index contributed by atoms with van der Waals surface area (Å²) in [4.78, 5) is 8.63. The third kappa shape index (κ3) is 1.99. The first-order valence-electron chi connectivity index (χ1n) is 5.88. The van der Waals surface area contributed by atoms with Crippen LogP contribution in [0.1, 0.15) is 12.5 Å². The zero-order valence-electron chi connectivity index (χ0n) is 10.5. The molecule has 0 aliphatic carbocycles. The Labute approximate surface area is 125 Å². The summed E-state index contributed by atoms with van der Waals surface area (Å²) in [6.45, 7) is 2.23. The van der Waals surface area contributed by atoms with Gasteiger partial charge in [0.1, 0.15) is 11.5 Å². The number of H-pyrrole nitrogens is 1. The molecule has 0 unspecified atom stereocenters. The van der Waals surface area contributed by atoms with E-state index in [9.17, 15) is 10.2 Å². The maximum absolute atomic E-state index is 9.80. The van der Waals surface area contributed by atoms with E-state index >= 15 is 0 Å². The van der Waals surface area contributed by atoms with Crippen LogP contribution in [-0.4, -0.2) is 21.0 Å². The van der Waals surface area contributed by atoms with E-state index in [-0.39, 0.29) is 11.8 Å². The highest BCUT2D eigenvalue weighted by molar-refractivity contribution is 6.42. The molecule has 5 nitrogen and oxygen atoms in total. The van der Waals surface area contributed by atoms with Gasteiger partial charge in [0.2, 0.25) is 5.88 Å². The molecule has 0 saturated heterocycles. The van der Waals surface area contributed by atoms with Crippen molar-refractivity contribution in [2.75, 3.05) is 4.90 Å². The van der Waals surface area contributed by atoms with E-state index < -0.39 is 0 Å². The summed E-state index contributed by atoms with van der Waals surface area (Å²) in [6.07, 6.45) is 0. The highest BCUT2D eigenvalue weighted by Crippen LogP contribution is 2.40. The SMILES string of the molecule is CC1=Nc2ccc(Cl)c(Cl)c2CN1c1cc(O)[nH]c1O. The second-order valence-electron chi connectivity index (χ2n) is 4.49. The number of aromatic nitrogens is 1. The lowest BCUT2D eigenvalue weighted by atomic mass is 10.1. The first-order chi connectivity index (χ1) is 9.47. The molecule has 0 saturated carbocycles. The number of anilines is 1. The zero-order valence-corrected chi connectivity index (χ0v) is 12.0. The number of aliphatic imine (C=N–C) groups is 1. The molecule has 1 aromatic heterocycles. The minimum Gasteiger partial charge on any atom is -0.494 e. The van der Waals surface area contributed by atoms with E-state index in [1.54, 1.807) is 17.0 Å². The van der Waals surface area contributed by atoms with E-state index in [4.69, 9.17) is 23.2 Å². The van der Waals surface area contributed by atoms with Gasteiger partial charge in [0.25, 0.3) is 0 Å². The lowest BCUT2D eigenvalue weighted by Crippen LogP contribution is -2.30. The van der Waals surface area contributed by atoms with Crippen LogP contribution >= 0.6 is 23.2 Å². The number of benzene rings is 1. The van der Waals surface area contributed by atoms with Crippen molar-refractivity contribution in [1.29, 1.82) is 0 Å². The second kappa shape index (κ2) is 4.61. The lowest BCUT2D eigenvalue weighted by Gasteiger charge is -2.28. The van der Waals surface area contributed by atoms with Gasteiger partial charge < -0.3 is 15.1 Å². The van der Waals surface area contributed by atoms with Gasteiger partial charge in [-0.1, -0.05) is 23.2 Å². The summed E-state index contributed by atoms with van der Waals surface area (Å²) in [6, 6.07) is 4.94. The molecule has 2 aromatic rings. The van der Waals surface area contributed by atoms with Crippen molar-refractivity contribution in [2.24, 2.45) is 4.99 Å². The fraction of sp³-hybridized carbons (Fsp3) is 0.154. The Morgan fingerprint density at radius 2 is 2.05 bits per heavy atom. The van der Waals surface area contributed by atoms with Crippen molar-refractivity contribution >= 4 is 40.4 Å². The van der Waals surface area contributed by atoms with Gasteiger partial charge in [-0.3, -0.25) is 4.98 Å². The summed E-state index contributed by atoms with van der Waals surface area (Å²) in [5, 5.41) is 20.1. The molecular formula is C13H11Cl2N3O2. The summed E-state index contributed by atoms with van der Waals surface area (Å²) in [5.41, 5.74) is 1.97. The van der Waals surface area contributed by atoms with Crippen molar-refractivity contribution in [2.45, 2.75) is 13.5 Å². The van der Waals surface area contributed by atoms with Crippen LogP contribution in [0.5, 0.6) is 11.8 Å². The molecule has 1 aromatic carbocycles. The van der Waals surface area contributed by atoms with Gasteiger partial charge in [-0.25, -0.2) is 4.99 Å². The summed E-state index contributed by atoms with van der Waals surface area (Å²) in [7, 11) is 0. The Hall–Kier alpha value is -1.85. The first-order valence-corrected chi connectivity index (χ1v) is 6.63. The van der Waals surface area contributed by atoms with Crippen LogP contribution in [-0.2, 0) is 6.54 Å². The van der Waals surface area contributed by atoms with Gasteiger partial charge >= 0.3 is 0 Å². The Morgan fingerprint density at radius 3 is 2.70 bits per heavy atom. The van der Waals surface area contributed by atoms with Crippen LogP contribution in [0.25, 0.3) is 0 Å². The highest BCUT2D eigenvalue weighted by atomic mass is 35.5. The van der Waals surface area contributed by atoms with Crippen LogP contribution in [0.15, 0.2) is 23.2 Å². The largest absolute Gasteiger partial charge is 0.494 e. The quantitative estimate of drug-likeness (QED) is 0.750. The molecule has 104 valence electrons. The van der Waals surface area contributed by atoms with Gasteiger partial charge in [-0.05, 0) is 19.1 Å². The fourth-order valence-electron chi connectivity index (χ4n) is 2.23. The van der Waals surface area contributed by atoms with Crippen LogP contribution < -0.4 is 4.90 Å². The van der Waals surface area contributed by atoms with Crippen LogP contribution in [0.3, 0.4) is 0 Å². The molecule has 20 heavy (non-hydrogen) atoms. The molecule has 3 rings (SSSR count). The molecule has 1 aliphatic heterocycles. The van der Waals surface area contributed by atoms with E-state index in [1.165, 1.54) is 6.07 Å². The predicted molar refractivity (Wildman–Crippen MR) is 79.5 cm³/mol. The average molecular weight is 312 g/mol. The number of nitrogens with zero attached hydrogens (tertiary/aromatic N) is 2. The number of hydrogen-bond acceptors (Lipinski definition) is 4. The molecule has 0 spiro atoms. The average Bonchev–Trinajstić information content (AvgIpc) is 2.73. The van der Waals surface area contributed by atoms with Gasteiger partial charge in [-0.2, -0.15) is 0 Å². The summed E-state index contributed by atoms with van der Waals surface area (Å²) in [5.74, 6) is 0.442. The third-order valence-electron chi connectivity index (χ3n) is 3.21. The standard InChI is InChI=1S/C13H11Cl2N3O2/c1-6-16-9-3-2-8(14)12(15)7(9)5-18(6)10-4-11(19)17-13(10)20/h2-4,17,19-20H,5H2,1H3. The van der Waals surface area contributed by atoms with Crippen LogP contribution in [0, 0.1) is 0 Å². The number of rotatable bonds is 1. The molecule has 0 amide bonds. The predicted octanol–water partition coefficient (Wildman–Crippen LogP) is 3.80. The van der Waals surface area contributed by atoms with Crippen LogP contribution in [0.4, 0.5) is 11.4 Å². The number of amidine groups is 1. The van der Waals surface area contributed by atoms with Gasteiger partial charge in [0.15, 0.2) is 5.88 Å². The molecule has 1 aliphatic rings. The molecule has 3 N–H and O–H groups in total. The number of aromatic amines is 1. The van der Waals surface area contributed by atoms with Crippen molar-refractivity contribution in [3.63, 3.8) is 0 Å². The van der Waals surface area contributed by atoms with Gasteiger partial charge in [0.05, 0.1) is 22.3 Å². The number of aromatic hydroxyl groups is 2. The minimum atomic E-state index is -0.126. The second-order valence-corrected chi connectivity index (χ2v) is 5.28. The zero-order chi connectivity index (χ0) is 14.4. The molecule has 0 radical (unpaired) electrons. The number of halogens is 2. The minimum absolute atomic E-state index is 0.117. The molecule has 0 bridgehead atoms. The van der Waals surface area contributed by atoms with Crippen molar-refractivity contribution < 1.29 is 10.2 Å². The van der Waals surface area contributed by atoms with Crippen molar-refractivity contribution in [3.05, 3.63) is 33.8 Å². The molecular weight excluding hydrogens is 301 g/mol. The Balaban J connectivity index is 2.10. The third-order valence-corrected chi connectivity index (χ3v) is 4.06. The van der Waals surface area contributed by atoms with Gasteiger partial charge in [-0.15, -0.1) is 0 Å². The topological polar surface area (TPSA) is 71.8 Å². The molecule has 7 heteroatoms. The van der Waals surface area contributed by atoms with Gasteiger partial charge in [0, 0.05) is 11.6 Å². The first kappa shape index (κ1) is 13.1. The summed E-state index contributed by atoms with van der Waals surface area (Å²) >= 11 is 12.2. The highest BCUT2D eigenvalue weighted by Gasteiger charge is 2.24. The maximum atomic E-state index is 9.80. The number of nitrogens with one attached hydrogen (secondary N) is 1. The van der Waals surface area contributed by atoms with Crippen molar-refractivity contribution in [3.8, 4) is 11.8 Å². The lowest BCUT2D eigenvalue weighted by molar-refractivity contribution is 0.425. The number of fused-ring (bicyclic) bond motifs is 1. The van der Waals surface area contributed by atoms with E-state index in [1.807, 2.05) is 6.92 Å². The normalized spacial score (nSPS) is 14.2. The van der Waals surface area contributed by atoms with E-state index in [0.29, 0.717) is 28.1 Å². The fourth-order valence-corrected chi connectivity index (χ4v) is 2.63. The molecule has 2 heterocycles. The van der Waals surface area contributed by atoms with E-state index in [2.05, 4.69) is 9.98 Å². The van der Waals surface area contributed by atoms with Crippen LogP contribution in [0.2, 0.25) is 10.0 Å². The van der Waals surface area contributed by atoms with E-state index in [0.717, 1.165) is 11.3 Å². The monoisotopic (exact) mass is 311 g/mol.